The van der Waals surface area contributed by atoms with Crippen LogP contribution in [0.15, 0.2) is 47.1 Å². The van der Waals surface area contributed by atoms with Crippen molar-refractivity contribution in [1.82, 2.24) is 15.1 Å². The maximum atomic E-state index is 5.29. The molecule has 1 aliphatic heterocycles. The Morgan fingerprint density at radius 3 is 2.63 bits per heavy atom. The van der Waals surface area contributed by atoms with Crippen LogP contribution in [0.4, 0.5) is 11.5 Å². The highest BCUT2D eigenvalue weighted by Gasteiger charge is 2.16. The van der Waals surface area contributed by atoms with Gasteiger partial charge in [-0.15, -0.1) is 0 Å². The molecule has 140 valence electrons. The molecule has 0 saturated carbocycles. The molecule has 0 unspecified atom stereocenters. The Morgan fingerprint density at radius 2 is 1.93 bits per heavy atom. The largest absolute Gasteiger partial charge is 0.372 e. The summed E-state index contributed by atoms with van der Waals surface area (Å²) in [4.78, 5) is 11.2. The molecule has 1 saturated heterocycles. The first-order valence-corrected chi connectivity index (χ1v) is 9.52. The summed E-state index contributed by atoms with van der Waals surface area (Å²) in [6.07, 6.45) is 4.32. The van der Waals surface area contributed by atoms with Gasteiger partial charge in [-0.1, -0.05) is 24.2 Å². The predicted octanol–water partition coefficient (Wildman–Crippen LogP) is 4.29. The van der Waals surface area contributed by atoms with E-state index >= 15 is 0 Å². The summed E-state index contributed by atoms with van der Waals surface area (Å²) in [6.45, 7) is 7.14. The van der Waals surface area contributed by atoms with Crippen molar-refractivity contribution in [1.29, 1.82) is 0 Å². The predicted molar refractivity (Wildman–Crippen MR) is 107 cm³/mol. The summed E-state index contributed by atoms with van der Waals surface area (Å²) < 4.78 is 5.29. The molecule has 0 bridgehead atoms. The van der Waals surface area contributed by atoms with Crippen LogP contribution < -0.4 is 10.2 Å². The zero-order valence-corrected chi connectivity index (χ0v) is 15.9. The number of aryl methyl sites for hydroxylation is 1. The number of piperidine rings is 1. The number of anilines is 2. The van der Waals surface area contributed by atoms with Crippen molar-refractivity contribution < 1.29 is 4.52 Å². The van der Waals surface area contributed by atoms with Gasteiger partial charge in [0.1, 0.15) is 5.82 Å². The van der Waals surface area contributed by atoms with Crippen LogP contribution in [-0.2, 0) is 6.54 Å². The van der Waals surface area contributed by atoms with Gasteiger partial charge in [0.15, 0.2) is 5.82 Å². The van der Waals surface area contributed by atoms with E-state index in [1.165, 1.54) is 24.1 Å². The van der Waals surface area contributed by atoms with Crippen molar-refractivity contribution in [2.75, 3.05) is 23.3 Å². The molecule has 6 nitrogen and oxygen atoms in total. The zero-order valence-electron chi connectivity index (χ0n) is 15.9. The number of benzene rings is 1. The number of pyridine rings is 1. The van der Waals surface area contributed by atoms with Gasteiger partial charge >= 0.3 is 0 Å². The van der Waals surface area contributed by atoms with Gasteiger partial charge in [-0.05, 0) is 55.5 Å². The Hall–Kier alpha value is -2.89. The summed E-state index contributed by atoms with van der Waals surface area (Å²) in [5, 5.41) is 7.25. The highest BCUT2D eigenvalue weighted by molar-refractivity contribution is 5.68. The summed E-state index contributed by atoms with van der Waals surface area (Å²) in [5.41, 5.74) is 3.34. The third-order valence-corrected chi connectivity index (χ3v) is 5.11. The van der Waals surface area contributed by atoms with Gasteiger partial charge in [-0.2, -0.15) is 4.98 Å². The maximum Gasteiger partial charge on any atom is 0.261 e. The molecule has 1 aliphatic rings. The molecule has 3 heterocycles. The van der Waals surface area contributed by atoms with E-state index in [9.17, 15) is 0 Å². The van der Waals surface area contributed by atoms with Gasteiger partial charge in [0.25, 0.3) is 5.89 Å². The van der Waals surface area contributed by atoms with Gasteiger partial charge in [0, 0.05) is 31.5 Å². The smallest absolute Gasteiger partial charge is 0.261 e. The highest BCUT2D eigenvalue weighted by atomic mass is 16.5. The lowest BCUT2D eigenvalue weighted by molar-refractivity contribution is 0.425. The molecule has 4 rings (SSSR count). The Kier molecular flexibility index (Phi) is 5.05. The molecule has 6 heteroatoms. The Balaban J connectivity index is 1.42. The summed E-state index contributed by atoms with van der Waals surface area (Å²) >= 11 is 0. The van der Waals surface area contributed by atoms with E-state index in [-0.39, 0.29) is 0 Å². The molecule has 27 heavy (non-hydrogen) atoms. The number of hydrogen-bond donors (Lipinski definition) is 1. The second-order valence-electron chi connectivity index (χ2n) is 7.24. The zero-order chi connectivity index (χ0) is 18.6. The van der Waals surface area contributed by atoms with Crippen LogP contribution in [0.3, 0.4) is 0 Å². The molecule has 0 atom stereocenters. The van der Waals surface area contributed by atoms with Crippen LogP contribution >= 0.6 is 0 Å². The molecule has 3 aromatic rings. The topological polar surface area (TPSA) is 67.1 Å². The average molecular weight is 363 g/mol. The lowest BCUT2D eigenvalue weighted by Gasteiger charge is -2.32. The van der Waals surface area contributed by atoms with Crippen LogP contribution in [0, 0.1) is 12.8 Å². The second kappa shape index (κ2) is 7.78. The first-order valence-electron chi connectivity index (χ1n) is 9.52. The number of rotatable bonds is 5. The normalized spacial score (nSPS) is 15.1. The van der Waals surface area contributed by atoms with E-state index in [4.69, 9.17) is 4.52 Å². The Morgan fingerprint density at radius 1 is 1.15 bits per heavy atom. The van der Waals surface area contributed by atoms with Gasteiger partial charge in [0.05, 0.1) is 5.56 Å². The standard InChI is InChI=1S/C21H25N5O/c1-15-9-12-26(13-10-15)18-7-5-17(6-8-18)14-23-20-19(4-3-11-22-20)21-24-16(2)25-27-21/h3-8,11,15H,9-10,12-14H2,1-2H3,(H,22,23). The first kappa shape index (κ1) is 17.5. The molecule has 0 spiro atoms. The first-order chi connectivity index (χ1) is 13.2. The quantitative estimate of drug-likeness (QED) is 0.729. The lowest BCUT2D eigenvalue weighted by atomic mass is 9.99. The summed E-state index contributed by atoms with van der Waals surface area (Å²) in [7, 11) is 0. The van der Waals surface area contributed by atoms with Gasteiger partial charge < -0.3 is 14.7 Å². The monoisotopic (exact) mass is 363 g/mol. The molecule has 1 N–H and O–H groups in total. The highest BCUT2D eigenvalue weighted by Crippen LogP contribution is 2.26. The molecular weight excluding hydrogens is 338 g/mol. The van der Waals surface area contributed by atoms with Crippen LogP contribution in [0.2, 0.25) is 0 Å². The van der Waals surface area contributed by atoms with E-state index < -0.39 is 0 Å². The SMILES string of the molecule is Cc1noc(-c2cccnc2NCc2ccc(N3CCC(C)CC3)cc2)n1. The second-order valence-corrected chi connectivity index (χ2v) is 7.24. The minimum Gasteiger partial charge on any atom is -0.372 e. The number of nitrogens with zero attached hydrogens (tertiary/aromatic N) is 4. The molecule has 1 fully saturated rings. The number of hydrogen-bond acceptors (Lipinski definition) is 6. The molecule has 2 aromatic heterocycles. The fourth-order valence-corrected chi connectivity index (χ4v) is 3.40. The summed E-state index contributed by atoms with van der Waals surface area (Å²) in [5.74, 6) is 2.69. The van der Waals surface area contributed by atoms with E-state index in [2.05, 4.69) is 56.5 Å². The number of nitrogens with one attached hydrogen (secondary N) is 1. The van der Waals surface area contributed by atoms with Crippen molar-refractivity contribution in [3.63, 3.8) is 0 Å². The summed E-state index contributed by atoms with van der Waals surface area (Å²) in [6, 6.07) is 12.6. The molecule has 0 radical (unpaired) electrons. The minimum atomic E-state index is 0.484. The Labute approximate surface area is 159 Å². The van der Waals surface area contributed by atoms with Crippen LogP contribution in [0.1, 0.15) is 31.2 Å². The van der Waals surface area contributed by atoms with Crippen molar-refractivity contribution >= 4 is 11.5 Å². The third kappa shape index (κ3) is 4.10. The van der Waals surface area contributed by atoms with E-state index in [0.29, 0.717) is 18.3 Å². The fraction of sp³-hybridized carbons (Fsp3) is 0.381. The maximum absolute atomic E-state index is 5.29. The number of aromatic nitrogens is 3. The minimum absolute atomic E-state index is 0.484. The molecule has 0 aliphatic carbocycles. The van der Waals surface area contributed by atoms with Crippen LogP contribution in [0.25, 0.3) is 11.5 Å². The molecule has 0 amide bonds. The van der Waals surface area contributed by atoms with Crippen LogP contribution in [0.5, 0.6) is 0 Å². The average Bonchev–Trinajstić information content (AvgIpc) is 3.14. The van der Waals surface area contributed by atoms with Crippen LogP contribution in [-0.4, -0.2) is 28.2 Å². The fourth-order valence-electron chi connectivity index (χ4n) is 3.40. The van der Waals surface area contributed by atoms with Gasteiger partial charge in [-0.25, -0.2) is 4.98 Å². The van der Waals surface area contributed by atoms with Crippen molar-refractivity contribution in [2.24, 2.45) is 5.92 Å². The van der Waals surface area contributed by atoms with E-state index in [1.807, 2.05) is 12.1 Å². The Bertz CT molecular complexity index is 882. The van der Waals surface area contributed by atoms with Crippen molar-refractivity contribution in [3.8, 4) is 11.5 Å². The van der Waals surface area contributed by atoms with Crippen molar-refractivity contribution in [2.45, 2.75) is 33.2 Å². The lowest BCUT2D eigenvalue weighted by Crippen LogP contribution is -2.32. The molecule has 1 aromatic carbocycles. The van der Waals surface area contributed by atoms with Crippen molar-refractivity contribution in [3.05, 3.63) is 54.0 Å². The third-order valence-electron chi connectivity index (χ3n) is 5.11. The van der Waals surface area contributed by atoms with E-state index in [0.717, 1.165) is 30.4 Å². The molecular formula is C21H25N5O. The van der Waals surface area contributed by atoms with Gasteiger partial charge in [-0.3, -0.25) is 0 Å². The van der Waals surface area contributed by atoms with Gasteiger partial charge in [0.2, 0.25) is 0 Å². The van der Waals surface area contributed by atoms with E-state index in [1.54, 1.807) is 13.1 Å².